The molecule has 1 aliphatic rings. The van der Waals surface area contributed by atoms with Gasteiger partial charge in [-0.2, -0.15) is 0 Å². The van der Waals surface area contributed by atoms with Crippen molar-refractivity contribution in [3.8, 4) is 0 Å². The first-order chi connectivity index (χ1) is 12.6. The maximum absolute atomic E-state index is 12.8. The molecule has 4 atom stereocenters. The maximum Gasteiger partial charge on any atom is 0.310 e. The van der Waals surface area contributed by atoms with Crippen LogP contribution in [0.5, 0.6) is 0 Å². The lowest BCUT2D eigenvalue weighted by molar-refractivity contribution is -0.161. The minimum atomic E-state index is -0.933. The molecular formula is C22H24O4. The third-order valence-corrected chi connectivity index (χ3v) is 5.34. The number of ether oxygens (including phenoxy) is 1. The molecule has 0 amide bonds. The van der Waals surface area contributed by atoms with E-state index in [-0.39, 0.29) is 18.4 Å². The maximum atomic E-state index is 12.8. The second-order valence-corrected chi connectivity index (χ2v) is 6.75. The molecule has 1 saturated carbocycles. The molecule has 4 nitrogen and oxygen atoms in total. The summed E-state index contributed by atoms with van der Waals surface area (Å²) in [4.78, 5) is 25.0. The molecule has 0 aromatic heterocycles. The van der Waals surface area contributed by atoms with Crippen LogP contribution in [-0.2, 0) is 14.3 Å². The normalized spacial score (nSPS) is 25.4. The Hall–Kier alpha value is -2.62. The monoisotopic (exact) mass is 352 g/mol. The van der Waals surface area contributed by atoms with Crippen molar-refractivity contribution in [2.45, 2.75) is 31.6 Å². The van der Waals surface area contributed by atoms with Crippen LogP contribution in [0.1, 0.15) is 42.7 Å². The van der Waals surface area contributed by atoms with E-state index in [2.05, 4.69) is 0 Å². The molecule has 1 N–H and O–H groups in total. The van der Waals surface area contributed by atoms with Gasteiger partial charge in [0.15, 0.2) is 0 Å². The van der Waals surface area contributed by atoms with Crippen molar-refractivity contribution >= 4 is 11.9 Å². The van der Waals surface area contributed by atoms with Crippen molar-refractivity contribution in [1.82, 2.24) is 0 Å². The Kier molecular flexibility index (Phi) is 5.71. The quantitative estimate of drug-likeness (QED) is 0.818. The summed E-state index contributed by atoms with van der Waals surface area (Å²) in [5, 5.41) is 10.0. The smallest absolute Gasteiger partial charge is 0.310 e. The molecule has 0 spiro atoms. The van der Waals surface area contributed by atoms with Gasteiger partial charge in [0.2, 0.25) is 0 Å². The molecule has 0 radical (unpaired) electrons. The molecule has 26 heavy (non-hydrogen) atoms. The van der Waals surface area contributed by atoms with E-state index in [4.69, 9.17) is 4.74 Å². The van der Waals surface area contributed by atoms with E-state index >= 15 is 0 Å². The van der Waals surface area contributed by atoms with Crippen molar-refractivity contribution in [2.24, 2.45) is 11.8 Å². The molecule has 0 aliphatic heterocycles. The van der Waals surface area contributed by atoms with Crippen molar-refractivity contribution in [2.75, 3.05) is 6.61 Å². The Bertz CT molecular complexity index is 741. The van der Waals surface area contributed by atoms with Gasteiger partial charge in [0, 0.05) is 0 Å². The fourth-order valence-electron chi connectivity index (χ4n) is 4.24. The van der Waals surface area contributed by atoms with E-state index in [0.717, 1.165) is 24.0 Å². The summed E-state index contributed by atoms with van der Waals surface area (Å²) >= 11 is 0. The van der Waals surface area contributed by atoms with Gasteiger partial charge in [-0.3, -0.25) is 9.59 Å². The summed E-state index contributed by atoms with van der Waals surface area (Å²) in [7, 11) is 0. The van der Waals surface area contributed by atoms with Crippen LogP contribution in [0.3, 0.4) is 0 Å². The van der Waals surface area contributed by atoms with Crippen molar-refractivity contribution < 1.29 is 19.4 Å². The van der Waals surface area contributed by atoms with Gasteiger partial charge < -0.3 is 9.84 Å². The molecular weight excluding hydrogens is 328 g/mol. The Morgan fingerprint density at radius 1 is 0.885 bits per heavy atom. The molecule has 4 heteroatoms. The number of esters is 1. The Balaban J connectivity index is 2.03. The highest BCUT2D eigenvalue weighted by Crippen LogP contribution is 2.48. The molecule has 0 unspecified atom stereocenters. The summed E-state index contributed by atoms with van der Waals surface area (Å²) in [6.45, 7) is 2.00. The SMILES string of the molecule is CCOC(=O)[C@@H]1[C@@H](C(=O)O)[C@@H](c2ccccc2)CC[C@H]1c1ccccc1. The predicted octanol–water partition coefficient (Wildman–Crippen LogP) is 4.23. The highest BCUT2D eigenvalue weighted by atomic mass is 16.5. The van der Waals surface area contributed by atoms with Gasteiger partial charge >= 0.3 is 11.9 Å². The summed E-state index contributed by atoms with van der Waals surface area (Å²) < 4.78 is 5.30. The van der Waals surface area contributed by atoms with Crippen LogP contribution in [0.2, 0.25) is 0 Å². The van der Waals surface area contributed by atoms with Gasteiger partial charge in [-0.1, -0.05) is 60.7 Å². The van der Waals surface area contributed by atoms with Crippen LogP contribution in [0.15, 0.2) is 60.7 Å². The lowest BCUT2D eigenvalue weighted by Crippen LogP contribution is -2.42. The van der Waals surface area contributed by atoms with Crippen LogP contribution in [-0.4, -0.2) is 23.7 Å². The molecule has 136 valence electrons. The molecule has 2 aromatic rings. The van der Waals surface area contributed by atoms with Gasteiger partial charge in [0.25, 0.3) is 0 Å². The van der Waals surface area contributed by atoms with Crippen molar-refractivity contribution in [3.63, 3.8) is 0 Å². The number of hydrogen-bond donors (Lipinski definition) is 1. The minimum Gasteiger partial charge on any atom is -0.481 e. The fourth-order valence-corrected chi connectivity index (χ4v) is 4.24. The Labute approximate surface area is 153 Å². The van der Waals surface area contributed by atoms with Gasteiger partial charge in [-0.15, -0.1) is 0 Å². The predicted molar refractivity (Wildman–Crippen MR) is 98.8 cm³/mol. The molecule has 0 heterocycles. The van der Waals surface area contributed by atoms with Crippen LogP contribution < -0.4 is 0 Å². The summed E-state index contributed by atoms with van der Waals surface area (Å²) in [6, 6.07) is 19.4. The van der Waals surface area contributed by atoms with E-state index in [1.165, 1.54) is 0 Å². The lowest BCUT2D eigenvalue weighted by atomic mass is 9.63. The van der Waals surface area contributed by atoms with E-state index in [1.54, 1.807) is 6.92 Å². The summed E-state index contributed by atoms with van der Waals surface area (Å²) in [5.41, 5.74) is 1.98. The molecule has 0 bridgehead atoms. The first kappa shape index (κ1) is 18.2. The highest BCUT2D eigenvalue weighted by Gasteiger charge is 2.48. The van der Waals surface area contributed by atoms with E-state index < -0.39 is 23.8 Å². The number of carboxylic acid groups (broad SMARTS) is 1. The number of carbonyl (C=O) groups is 2. The molecule has 3 rings (SSSR count). The van der Waals surface area contributed by atoms with E-state index in [9.17, 15) is 14.7 Å². The lowest BCUT2D eigenvalue weighted by Gasteiger charge is -2.40. The first-order valence-electron chi connectivity index (χ1n) is 9.12. The second-order valence-electron chi connectivity index (χ2n) is 6.75. The van der Waals surface area contributed by atoms with Crippen LogP contribution in [0.25, 0.3) is 0 Å². The Morgan fingerprint density at radius 3 is 1.77 bits per heavy atom. The highest BCUT2D eigenvalue weighted by molar-refractivity contribution is 5.83. The van der Waals surface area contributed by atoms with Crippen LogP contribution >= 0.6 is 0 Å². The van der Waals surface area contributed by atoms with Crippen molar-refractivity contribution in [1.29, 1.82) is 0 Å². The summed E-state index contributed by atoms with van der Waals surface area (Å²) in [6.07, 6.45) is 1.49. The second kappa shape index (κ2) is 8.17. The number of carbonyl (C=O) groups excluding carboxylic acids is 1. The average molecular weight is 352 g/mol. The largest absolute Gasteiger partial charge is 0.481 e. The van der Waals surface area contributed by atoms with E-state index in [0.29, 0.717) is 0 Å². The molecule has 1 fully saturated rings. The third-order valence-electron chi connectivity index (χ3n) is 5.34. The van der Waals surface area contributed by atoms with Crippen molar-refractivity contribution in [3.05, 3.63) is 71.8 Å². The molecule has 2 aromatic carbocycles. The first-order valence-corrected chi connectivity index (χ1v) is 9.12. The molecule has 0 saturated heterocycles. The number of carboxylic acids is 1. The number of rotatable bonds is 5. The zero-order valence-corrected chi connectivity index (χ0v) is 14.9. The fraction of sp³-hybridized carbons (Fsp3) is 0.364. The average Bonchev–Trinajstić information content (AvgIpc) is 2.68. The zero-order chi connectivity index (χ0) is 18.5. The van der Waals surface area contributed by atoms with Gasteiger partial charge in [0.1, 0.15) is 0 Å². The minimum absolute atomic E-state index is 0.142. The van der Waals surface area contributed by atoms with Crippen LogP contribution in [0.4, 0.5) is 0 Å². The topological polar surface area (TPSA) is 63.6 Å². The van der Waals surface area contributed by atoms with Gasteiger partial charge in [-0.05, 0) is 42.7 Å². The van der Waals surface area contributed by atoms with Gasteiger partial charge in [-0.25, -0.2) is 0 Å². The zero-order valence-electron chi connectivity index (χ0n) is 14.9. The third kappa shape index (κ3) is 3.64. The number of benzene rings is 2. The number of hydrogen-bond acceptors (Lipinski definition) is 3. The number of aliphatic carboxylic acids is 1. The van der Waals surface area contributed by atoms with Crippen LogP contribution in [0, 0.1) is 11.8 Å². The standard InChI is InChI=1S/C22H24O4/c1-2-26-22(25)20-18(16-11-7-4-8-12-16)14-13-17(19(20)21(23)24)15-9-5-3-6-10-15/h3-12,17-20H,2,13-14H2,1H3,(H,23,24)/t17-,18+,19+,20+/m1/s1. The van der Waals surface area contributed by atoms with Gasteiger partial charge in [0.05, 0.1) is 18.4 Å². The Morgan fingerprint density at radius 2 is 1.35 bits per heavy atom. The van der Waals surface area contributed by atoms with E-state index in [1.807, 2.05) is 60.7 Å². The summed E-state index contributed by atoms with van der Waals surface area (Å²) in [5.74, 6) is -3.16. The molecule has 1 aliphatic carbocycles.